The fourth-order valence-corrected chi connectivity index (χ4v) is 2.44. The van der Waals surface area contributed by atoms with Crippen LogP contribution in [0, 0.1) is 5.92 Å². The number of carbonyl (C=O) groups is 1. The SMILES string of the molecule is CC1CCNC(C(=O)NCC2(O)CCC2)C1. The molecular weight excluding hydrogens is 204 g/mol. The van der Waals surface area contributed by atoms with E-state index in [-0.39, 0.29) is 11.9 Å². The van der Waals surface area contributed by atoms with Gasteiger partial charge in [-0.2, -0.15) is 0 Å². The first-order valence-corrected chi connectivity index (χ1v) is 6.32. The minimum Gasteiger partial charge on any atom is -0.388 e. The Morgan fingerprint density at radius 1 is 1.56 bits per heavy atom. The summed E-state index contributed by atoms with van der Waals surface area (Å²) < 4.78 is 0. The molecule has 2 fully saturated rings. The van der Waals surface area contributed by atoms with Crippen LogP contribution < -0.4 is 10.6 Å². The van der Waals surface area contributed by atoms with Gasteiger partial charge in [0.25, 0.3) is 0 Å². The molecule has 1 saturated heterocycles. The molecule has 16 heavy (non-hydrogen) atoms. The summed E-state index contributed by atoms with van der Waals surface area (Å²) in [4.78, 5) is 11.8. The molecule has 0 aromatic rings. The lowest BCUT2D eigenvalue weighted by atomic mass is 9.80. The Morgan fingerprint density at radius 2 is 2.31 bits per heavy atom. The number of rotatable bonds is 3. The van der Waals surface area contributed by atoms with Gasteiger partial charge in [-0.15, -0.1) is 0 Å². The fraction of sp³-hybridized carbons (Fsp3) is 0.917. The van der Waals surface area contributed by atoms with Gasteiger partial charge in [0.05, 0.1) is 11.6 Å². The second-order valence-electron chi connectivity index (χ2n) is 5.43. The summed E-state index contributed by atoms with van der Waals surface area (Å²) >= 11 is 0. The van der Waals surface area contributed by atoms with Crippen molar-refractivity contribution in [3.63, 3.8) is 0 Å². The van der Waals surface area contributed by atoms with Crippen LogP contribution in [-0.4, -0.2) is 35.7 Å². The van der Waals surface area contributed by atoms with Gasteiger partial charge in [0, 0.05) is 6.54 Å². The first-order chi connectivity index (χ1) is 7.59. The van der Waals surface area contributed by atoms with Gasteiger partial charge in [-0.1, -0.05) is 6.92 Å². The topological polar surface area (TPSA) is 61.4 Å². The predicted octanol–water partition coefficient (Wildman–Crippen LogP) is 0.406. The predicted molar refractivity (Wildman–Crippen MR) is 62.0 cm³/mol. The van der Waals surface area contributed by atoms with Crippen molar-refractivity contribution < 1.29 is 9.90 Å². The molecule has 3 N–H and O–H groups in total. The molecule has 92 valence electrons. The van der Waals surface area contributed by atoms with Gasteiger partial charge < -0.3 is 15.7 Å². The van der Waals surface area contributed by atoms with Crippen LogP contribution in [0.2, 0.25) is 0 Å². The molecule has 0 aromatic heterocycles. The lowest BCUT2D eigenvalue weighted by Crippen LogP contribution is -2.53. The van der Waals surface area contributed by atoms with Crippen molar-refractivity contribution in [1.29, 1.82) is 0 Å². The van der Waals surface area contributed by atoms with Gasteiger partial charge in [0.15, 0.2) is 0 Å². The summed E-state index contributed by atoms with van der Waals surface area (Å²) in [6.07, 6.45) is 4.77. The zero-order chi connectivity index (χ0) is 11.6. The summed E-state index contributed by atoms with van der Waals surface area (Å²) in [5, 5.41) is 16.0. The van der Waals surface area contributed by atoms with Crippen molar-refractivity contribution in [3.05, 3.63) is 0 Å². The normalized spacial score (nSPS) is 32.9. The maximum atomic E-state index is 11.8. The van der Waals surface area contributed by atoms with Crippen LogP contribution in [0.4, 0.5) is 0 Å². The maximum absolute atomic E-state index is 11.8. The average molecular weight is 226 g/mol. The van der Waals surface area contributed by atoms with Crippen molar-refractivity contribution in [2.24, 2.45) is 5.92 Å². The number of piperidine rings is 1. The highest BCUT2D eigenvalue weighted by Crippen LogP contribution is 2.30. The van der Waals surface area contributed by atoms with Crippen LogP contribution in [-0.2, 0) is 4.79 Å². The van der Waals surface area contributed by atoms with E-state index in [1.165, 1.54) is 0 Å². The van der Waals surface area contributed by atoms with Gasteiger partial charge in [0.2, 0.25) is 5.91 Å². The molecule has 0 radical (unpaired) electrons. The van der Waals surface area contributed by atoms with Crippen LogP contribution in [0.3, 0.4) is 0 Å². The summed E-state index contributed by atoms with van der Waals surface area (Å²) in [5.41, 5.74) is -0.615. The highest BCUT2D eigenvalue weighted by atomic mass is 16.3. The average Bonchev–Trinajstić information content (AvgIpc) is 2.23. The van der Waals surface area contributed by atoms with E-state index in [1.54, 1.807) is 0 Å². The summed E-state index contributed by atoms with van der Waals surface area (Å²) in [6.45, 7) is 3.52. The molecule has 2 unspecified atom stereocenters. The largest absolute Gasteiger partial charge is 0.388 e. The lowest BCUT2D eigenvalue weighted by Gasteiger charge is -2.37. The summed E-state index contributed by atoms with van der Waals surface area (Å²) in [6, 6.07) is -0.0626. The van der Waals surface area contributed by atoms with E-state index in [0.717, 1.165) is 38.6 Å². The number of hydrogen-bond donors (Lipinski definition) is 3. The van der Waals surface area contributed by atoms with Crippen molar-refractivity contribution in [3.8, 4) is 0 Å². The fourth-order valence-electron chi connectivity index (χ4n) is 2.44. The first-order valence-electron chi connectivity index (χ1n) is 6.32. The second-order valence-corrected chi connectivity index (χ2v) is 5.43. The van der Waals surface area contributed by atoms with Crippen molar-refractivity contribution in [2.45, 2.75) is 50.7 Å². The van der Waals surface area contributed by atoms with Gasteiger partial charge in [-0.05, 0) is 44.6 Å². The Morgan fingerprint density at radius 3 is 2.88 bits per heavy atom. The number of nitrogens with one attached hydrogen (secondary N) is 2. The Hall–Kier alpha value is -0.610. The third-order valence-electron chi connectivity index (χ3n) is 3.86. The Labute approximate surface area is 96.8 Å². The maximum Gasteiger partial charge on any atom is 0.237 e. The number of amides is 1. The minimum atomic E-state index is -0.615. The summed E-state index contributed by atoms with van der Waals surface area (Å²) in [5.74, 6) is 0.663. The molecule has 1 heterocycles. The van der Waals surface area contributed by atoms with Crippen molar-refractivity contribution in [1.82, 2.24) is 10.6 Å². The molecule has 4 nitrogen and oxygen atoms in total. The zero-order valence-corrected chi connectivity index (χ0v) is 9.96. The number of aliphatic hydroxyl groups is 1. The third kappa shape index (κ3) is 2.74. The van der Waals surface area contributed by atoms with Crippen LogP contribution in [0.25, 0.3) is 0 Å². The highest BCUT2D eigenvalue weighted by Gasteiger charge is 2.35. The van der Waals surface area contributed by atoms with Gasteiger partial charge in [-0.3, -0.25) is 4.79 Å². The van der Waals surface area contributed by atoms with E-state index in [1.807, 2.05) is 0 Å². The van der Waals surface area contributed by atoms with Gasteiger partial charge >= 0.3 is 0 Å². The van der Waals surface area contributed by atoms with E-state index in [0.29, 0.717) is 12.5 Å². The van der Waals surface area contributed by atoms with Gasteiger partial charge in [-0.25, -0.2) is 0 Å². The molecule has 1 aliphatic carbocycles. The molecular formula is C12H22N2O2. The van der Waals surface area contributed by atoms with Crippen LogP contribution in [0.15, 0.2) is 0 Å². The van der Waals surface area contributed by atoms with Crippen molar-refractivity contribution >= 4 is 5.91 Å². The first kappa shape index (κ1) is 11.9. The van der Waals surface area contributed by atoms with E-state index in [4.69, 9.17) is 0 Å². The Kier molecular flexibility index (Phi) is 3.50. The van der Waals surface area contributed by atoms with E-state index >= 15 is 0 Å². The third-order valence-corrected chi connectivity index (χ3v) is 3.86. The van der Waals surface area contributed by atoms with E-state index < -0.39 is 5.60 Å². The monoisotopic (exact) mass is 226 g/mol. The molecule has 4 heteroatoms. The van der Waals surface area contributed by atoms with Crippen LogP contribution in [0.1, 0.15) is 39.0 Å². The molecule has 0 spiro atoms. The highest BCUT2D eigenvalue weighted by molar-refractivity contribution is 5.81. The smallest absolute Gasteiger partial charge is 0.237 e. The minimum absolute atomic E-state index is 0.0480. The molecule has 0 bridgehead atoms. The van der Waals surface area contributed by atoms with Crippen LogP contribution >= 0.6 is 0 Å². The standard InChI is InChI=1S/C12H22N2O2/c1-9-3-6-13-10(7-9)11(15)14-8-12(16)4-2-5-12/h9-10,13,16H,2-8H2,1H3,(H,14,15). The molecule has 2 atom stereocenters. The second kappa shape index (κ2) is 4.72. The summed E-state index contributed by atoms with van der Waals surface area (Å²) in [7, 11) is 0. The molecule has 1 amide bonds. The molecule has 1 saturated carbocycles. The molecule has 2 aliphatic rings. The Balaban J connectivity index is 1.74. The van der Waals surface area contributed by atoms with Gasteiger partial charge in [0.1, 0.15) is 0 Å². The van der Waals surface area contributed by atoms with E-state index in [2.05, 4.69) is 17.6 Å². The number of hydrogen-bond acceptors (Lipinski definition) is 3. The van der Waals surface area contributed by atoms with E-state index in [9.17, 15) is 9.90 Å². The van der Waals surface area contributed by atoms with Crippen molar-refractivity contribution in [2.75, 3.05) is 13.1 Å². The zero-order valence-electron chi connectivity index (χ0n) is 9.96. The quantitative estimate of drug-likeness (QED) is 0.653. The lowest BCUT2D eigenvalue weighted by molar-refractivity contribution is -0.126. The molecule has 1 aliphatic heterocycles. The Bertz CT molecular complexity index is 264. The number of carbonyl (C=O) groups excluding carboxylic acids is 1. The van der Waals surface area contributed by atoms with Crippen LogP contribution in [0.5, 0.6) is 0 Å². The molecule has 0 aromatic carbocycles. The molecule has 2 rings (SSSR count).